The standard InChI is InChI=1S/C16H21ClN2S/c1-12(18)10-13-11-14(17)5-6-16(13)19(2)8-7-15-4-3-9-20-15/h3-6,9,11-12H,7-8,10,18H2,1-2H3. The van der Waals surface area contributed by atoms with Crippen LogP contribution in [0.25, 0.3) is 0 Å². The van der Waals surface area contributed by atoms with Gasteiger partial charge in [0.2, 0.25) is 0 Å². The highest BCUT2D eigenvalue weighted by molar-refractivity contribution is 7.09. The largest absolute Gasteiger partial charge is 0.374 e. The second-order valence-electron chi connectivity index (χ2n) is 5.21. The Morgan fingerprint density at radius 2 is 2.15 bits per heavy atom. The van der Waals surface area contributed by atoms with Gasteiger partial charge in [-0.05, 0) is 55.0 Å². The van der Waals surface area contributed by atoms with Crippen molar-refractivity contribution in [3.63, 3.8) is 0 Å². The number of hydrogen-bond acceptors (Lipinski definition) is 3. The van der Waals surface area contributed by atoms with Crippen molar-refractivity contribution < 1.29 is 0 Å². The van der Waals surface area contributed by atoms with Crippen molar-refractivity contribution in [1.29, 1.82) is 0 Å². The summed E-state index contributed by atoms with van der Waals surface area (Å²) in [4.78, 5) is 3.70. The van der Waals surface area contributed by atoms with Gasteiger partial charge in [0.05, 0.1) is 0 Å². The van der Waals surface area contributed by atoms with E-state index in [9.17, 15) is 0 Å². The van der Waals surface area contributed by atoms with Crippen LogP contribution in [0, 0.1) is 0 Å². The molecule has 0 amide bonds. The van der Waals surface area contributed by atoms with Gasteiger partial charge in [0.25, 0.3) is 0 Å². The van der Waals surface area contributed by atoms with Gasteiger partial charge in [0, 0.05) is 35.2 Å². The van der Waals surface area contributed by atoms with Gasteiger partial charge in [-0.15, -0.1) is 11.3 Å². The first kappa shape index (κ1) is 15.4. The first-order valence-electron chi connectivity index (χ1n) is 6.84. The highest BCUT2D eigenvalue weighted by Crippen LogP contribution is 2.25. The van der Waals surface area contributed by atoms with Crippen molar-refractivity contribution in [2.75, 3.05) is 18.5 Å². The molecule has 1 heterocycles. The van der Waals surface area contributed by atoms with Crippen LogP contribution < -0.4 is 10.6 Å². The molecule has 1 aromatic heterocycles. The fourth-order valence-electron chi connectivity index (χ4n) is 2.29. The van der Waals surface area contributed by atoms with Gasteiger partial charge in [-0.1, -0.05) is 17.7 Å². The SMILES string of the molecule is CC(N)Cc1cc(Cl)ccc1N(C)CCc1cccs1. The van der Waals surface area contributed by atoms with E-state index in [4.69, 9.17) is 17.3 Å². The Bertz CT molecular complexity index is 537. The molecule has 20 heavy (non-hydrogen) atoms. The molecule has 0 spiro atoms. The average molecular weight is 309 g/mol. The van der Waals surface area contributed by atoms with Crippen LogP contribution in [0.3, 0.4) is 0 Å². The van der Waals surface area contributed by atoms with Gasteiger partial charge in [-0.25, -0.2) is 0 Å². The van der Waals surface area contributed by atoms with Crippen molar-refractivity contribution >= 4 is 28.6 Å². The minimum Gasteiger partial charge on any atom is -0.374 e. The molecule has 2 aromatic rings. The van der Waals surface area contributed by atoms with Crippen LogP contribution >= 0.6 is 22.9 Å². The molecule has 0 aliphatic carbocycles. The zero-order chi connectivity index (χ0) is 14.5. The lowest BCUT2D eigenvalue weighted by atomic mass is 10.0. The van der Waals surface area contributed by atoms with Crippen molar-refractivity contribution in [1.82, 2.24) is 0 Å². The second-order valence-corrected chi connectivity index (χ2v) is 6.67. The summed E-state index contributed by atoms with van der Waals surface area (Å²) < 4.78 is 0. The number of anilines is 1. The van der Waals surface area contributed by atoms with Crippen molar-refractivity contribution in [3.05, 3.63) is 51.2 Å². The predicted octanol–water partition coefficient (Wildman–Crippen LogP) is 3.97. The molecule has 1 aromatic carbocycles. The molecule has 2 nitrogen and oxygen atoms in total. The molecule has 0 bridgehead atoms. The van der Waals surface area contributed by atoms with Gasteiger partial charge in [-0.3, -0.25) is 0 Å². The Hall–Kier alpha value is -1.03. The van der Waals surface area contributed by atoms with Gasteiger partial charge < -0.3 is 10.6 Å². The average Bonchev–Trinajstić information content (AvgIpc) is 2.88. The molecule has 0 radical (unpaired) electrons. The Labute approximate surface area is 130 Å². The smallest absolute Gasteiger partial charge is 0.0410 e. The first-order chi connectivity index (χ1) is 9.56. The molecule has 0 fully saturated rings. The van der Waals surface area contributed by atoms with Crippen LogP contribution in [-0.4, -0.2) is 19.6 Å². The van der Waals surface area contributed by atoms with Crippen LogP contribution in [-0.2, 0) is 12.8 Å². The zero-order valence-electron chi connectivity index (χ0n) is 12.0. The van der Waals surface area contributed by atoms with Crippen LogP contribution in [0.1, 0.15) is 17.4 Å². The lowest BCUT2D eigenvalue weighted by Crippen LogP contribution is -2.24. The zero-order valence-corrected chi connectivity index (χ0v) is 13.5. The number of nitrogens with two attached hydrogens (primary N) is 1. The third-order valence-electron chi connectivity index (χ3n) is 3.27. The first-order valence-corrected chi connectivity index (χ1v) is 8.09. The molecular weight excluding hydrogens is 288 g/mol. The molecule has 1 atom stereocenters. The third-order valence-corrected chi connectivity index (χ3v) is 4.44. The number of benzene rings is 1. The van der Waals surface area contributed by atoms with Crippen LogP contribution in [0.5, 0.6) is 0 Å². The van der Waals surface area contributed by atoms with Gasteiger partial charge >= 0.3 is 0 Å². The predicted molar refractivity (Wildman–Crippen MR) is 90.1 cm³/mol. The third kappa shape index (κ3) is 4.23. The molecule has 0 saturated carbocycles. The van der Waals surface area contributed by atoms with Crippen molar-refractivity contribution in [2.45, 2.75) is 25.8 Å². The number of halogens is 1. The maximum absolute atomic E-state index is 6.11. The van der Waals surface area contributed by atoms with E-state index in [0.717, 1.165) is 24.4 Å². The fourth-order valence-corrected chi connectivity index (χ4v) is 3.18. The summed E-state index contributed by atoms with van der Waals surface area (Å²) >= 11 is 7.92. The lowest BCUT2D eigenvalue weighted by Gasteiger charge is -2.23. The minimum absolute atomic E-state index is 0.137. The van der Waals surface area contributed by atoms with Crippen LogP contribution in [0.4, 0.5) is 5.69 Å². The van der Waals surface area contributed by atoms with E-state index in [-0.39, 0.29) is 6.04 Å². The van der Waals surface area contributed by atoms with E-state index in [1.165, 1.54) is 16.1 Å². The summed E-state index contributed by atoms with van der Waals surface area (Å²) in [5.41, 5.74) is 8.38. The summed E-state index contributed by atoms with van der Waals surface area (Å²) in [6.07, 6.45) is 1.91. The highest BCUT2D eigenvalue weighted by Gasteiger charge is 2.10. The summed E-state index contributed by atoms with van der Waals surface area (Å²) in [5, 5.41) is 2.90. The number of hydrogen-bond donors (Lipinski definition) is 1. The van der Waals surface area contributed by atoms with E-state index in [1.54, 1.807) is 0 Å². The minimum atomic E-state index is 0.137. The maximum Gasteiger partial charge on any atom is 0.0410 e. The molecule has 2 rings (SSSR count). The monoisotopic (exact) mass is 308 g/mol. The topological polar surface area (TPSA) is 29.3 Å². The molecule has 4 heteroatoms. The van der Waals surface area contributed by atoms with Crippen molar-refractivity contribution in [3.8, 4) is 0 Å². The van der Waals surface area contributed by atoms with Gasteiger partial charge in [0.15, 0.2) is 0 Å². The lowest BCUT2D eigenvalue weighted by molar-refractivity contribution is 0.734. The Morgan fingerprint density at radius 1 is 1.35 bits per heavy atom. The Morgan fingerprint density at radius 3 is 2.80 bits per heavy atom. The number of nitrogens with zero attached hydrogens (tertiary/aromatic N) is 1. The van der Waals surface area contributed by atoms with Crippen LogP contribution in [0.2, 0.25) is 5.02 Å². The maximum atomic E-state index is 6.11. The molecule has 0 saturated heterocycles. The number of likely N-dealkylation sites (N-methyl/N-ethyl adjacent to an activating group) is 1. The van der Waals surface area contributed by atoms with E-state index in [2.05, 4.69) is 35.5 Å². The van der Waals surface area contributed by atoms with Gasteiger partial charge in [-0.2, -0.15) is 0 Å². The Kier molecular flexibility index (Phi) is 5.46. The molecule has 0 aliphatic heterocycles. The molecule has 0 aliphatic rings. The highest BCUT2D eigenvalue weighted by atomic mass is 35.5. The summed E-state index contributed by atoms with van der Waals surface area (Å²) in [5.74, 6) is 0. The summed E-state index contributed by atoms with van der Waals surface area (Å²) in [7, 11) is 2.13. The molecule has 2 N–H and O–H groups in total. The fraction of sp³-hybridized carbons (Fsp3) is 0.375. The van der Waals surface area contributed by atoms with E-state index in [0.29, 0.717) is 0 Å². The molecule has 1 unspecified atom stereocenters. The molecular formula is C16H21ClN2S. The van der Waals surface area contributed by atoms with Crippen LogP contribution in [0.15, 0.2) is 35.7 Å². The number of thiophene rings is 1. The van der Waals surface area contributed by atoms with E-state index >= 15 is 0 Å². The molecule has 108 valence electrons. The summed E-state index contributed by atoms with van der Waals surface area (Å²) in [6, 6.07) is 10.5. The second kappa shape index (κ2) is 7.11. The summed E-state index contributed by atoms with van der Waals surface area (Å²) in [6.45, 7) is 3.02. The normalized spacial score (nSPS) is 12.4. The van der Waals surface area contributed by atoms with E-state index < -0.39 is 0 Å². The van der Waals surface area contributed by atoms with E-state index in [1.807, 2.05) is 30.4 Å². The van der Waals surface area contributed by atoms with Crippen molar-refractivity contribution in [2.24, 2.45) is 5.73 Å². The Balaban J connectivity index is 2.09. The quantitative estimate of drug-likeness (QED) is 0.875. The van der Waals surface area contributed by atoms with Gasteiger partial charge in [0.1, 0.15) is 0 Å². The number of rotatable bonds is 6.